The second kappa shape index (κ2) is 5.58. The van der Waals surface area contributed by atoms with Crippen molar-refractivity contribution in [1.82, 2.24) is 0 Å². The van der Waals surface area contributed by atoms with E-state index in [4.69, 9.17) is 28.3 Å². The normalized spacial score (nSPS) is 14.9. The number of carbonyl (C=O) groups is 1. The Morgan fingerprint density at radius 3 is 2.19 bits per heavy atom. The van der Waals surface area contributed by atoms with Crippen LogP contribution in [0.2, 0.25) is 10.0 Å². The number of benzene rings is 2. The van der Waals surface area contributed by atoms with E-state index >= 15 is 0 Å². The lowest BCUT2D eigenvalue weighted by Crippen LogP contribution is -2.45. The van der Waals surface area contributed by atoms with E-state index in [0.29, 0.717) is 16.0 Å². The van der Waals surface area contributed by atoms with Gasteiger partial charge < -0.3 is 10.0 Å². The van der Waals surface area contributed by atoms with Gasteiger partial charge in [-0.2, -0.15) is 0 Å². The fourth-order valence-corrected chi connectivity index (χ4v) is 3.31. The van der Waals surface area contributed by atoms with Gasteiger partial charge >= 0.3 is 5.97 Å². The lowest BCUT2D eigenvalue weighted by atomic mass is 9.91. The molecule has 21 heavy (non-hydrogen) atoms. The minimum absolute atomic E-state index is 0.105. The summed E-state index contributed by atoms with van der Waals surface area (Å²) in [6.07, 6.45) is 0. The first-order valence-electron chi connectivity index (χ1n) is 6.58. The molecule has 0 atom stereocenters. The van der Waals surface area contributed by atoms with E-state index in [-0.39, 0.29) is 5.56 Å². The molecule has 1 aliphatic rings. The second-order valence-corrected chi connectivity index (χ2v) is 5.92. The third kappa shape index (κ3) is 2.71. The molecule has 0 amide bonds. The standard InChI is InChI=1S/C16H13Cl2NO2/c17-13-6-11(16(20)21)7-14(18)15(13)19-8-12(9-19)10-4-2-1-3-5-10/h1-7,12H,8-9H2,(H,20,21). The number of rotatable bonds is 3. The number of hydrogen-bond donors (Lipinski definition) is 1. The first kappa shape index (κ1) is 14.2. The van der Waals surface area contributed by atoms with Crippen molar-refractivity contribution in [3.05, 3.63) is 63.6 Å². The molecule has 1 aliphatic heterocycles. The molecule has 0 unspecified atom stereocenters. The summed E-state index contributed by atoms with van der Waals surface area (Å²) in [5, 5.41) is 9.76. The van der Waals surface area contributed by atoms with Gasteiger partial charge in [-0.15, -0.1) is 0 Å². The van der Waals surface area contributed by atoms with Crippen LogP contribution in [0.25, 0.3) is 0 Å². The first-order chi connectivity index (χ1) is 10.1. The van der Waals surface area contributed by atoms with E-state index in [2.05, 4.69) is 17.0 Å². The molecule has 0 bridgehead atoms. The fraction of sp³-hybridized carbons (Fsp3) is 0.188. The van der Waals surface area contributed by atoms with Crippen molar-refractivity contribution in [3.8, 4) is 0 Å². The highest BCUT2D eigenvalue weighted by Crippen LogP contribution is 2.40. The first-order valence-corrected chi connectivity index (χ1v) is 7.34. The van der Waals surface area contributed by atoms with Gasteiger partial charge in [0.2, 0.25) is 0 Å². The van der Waals surface area contributed by atoms with Gasteiger partial charge in [0.15, 0.2) is 0 Å². The van der Waals surface area contributed by atoms with Crippen LogP contribution >= 0.6 is 23.2 Å². The van der Waals surface area contributed by atoms with E-state index in [1.807, 2.05) is 18.2 Å². The van der Waals surface area contributed by atoms with E-state index in [0.717, 1.165) is 18.8 Å². The summed E-state index contributed by atoms with van der Waals surface area (Å²) in [5.74, 6) is -0.575. The van der Waals surface area contributed by atoms with Gasteiger partial charge in [0.1, 0.15) is 0 Å². The van der Waals surface area contributed by atoms with E-state index in [1.54, 1.807) is 0 Å². The number of carboxylic acid groups (broad SMARTS) is 1. The van der Waals surface area contributed by atoms with Crippen LogP contribution in [0, 0.1) is 0 Å². The van der Waals surface area contributed by atoms with Gasteiger partial charge in [0.25, 0.3) is 0 Å². The average Bonchev–Trinajstić information content (AvgIpc) is 2.41. The lowest BCUT2D eigenvalue weighted by Gasteiger charge is -2.42. The molecule has 1 N–H and O–H groups in total. The van der Waals surface area contributed by atoms with Crippen molar-refractivity contribution >= 4 is 34.9 Å². The molecule has 1 fully saturated rings. The summed E-state index contributed by atoms with van der Waals surface area (Å²) in [7, 11) is 0. The topological polar surface area (TPSA) is 40.5 Å². The average molecular weight is 322 g/mol. The van der Waals surface area contributed by atoms with Crippen LogP contribution in [0.15, 0.2) is 42.5 Å². The zero-order valence-electron chi connectivity index (χ0n) is 11.1. The lowest BCUT2D eigenvalue weighted by molar-refractivity contribution is 0.0697. The Hall–Kier alpha value is -1.71. The molecule has 108 valence electrons. The fourth-order valence-electron chi connectivity index (χ4n) is 2.59. The number of aromatic carboxylic acids is 1. The van der Waals surface area contributed by atoms with Crippen LogP contribution < -0.4 is 4.90 Å². The number of halogens is 2. The predicted octanol–water partition coefficient (Wildman–Crippen LogP) is 4.30. The zero-order chi connectivity index (χ0) is 15.0. The van der Waals surface area contributed by atoms with Crippen molar-refractivity contribution in [2.24, 2.45) is 0 Å². The summed E-state index contributed by atoms with van der Waals surface area (Å²) in [5.41, 5.74) is 2.12. The monoisotopic (exact) mass is 321 g/mol. The predicted molar refractivity (Wildman–Crippen MR) is 84.8 cm³/mol. The Bertz CT molecular complexity index is 659. The SMILES string of the molecule is O=C(O)c1cc(Cl)c(N2CC(c3ccccc3)C2)c(Cl)c1. The third-order valence-electron chi connectivity index (χ3n) is 3.73. The Labute approximate surface area is 132 Å². The van der Waals surface area contributed by atoms with Crippen LogP contribution in [0.5, 0.6) is 0 Å². The smallest absolute Gasteiger partial charge is 0.335 e. The van der Waals surface area contributed by atoms with Crippen LogP contribution in [0.4, 0.5) is 5.69 Å². The molecule has 0 saturated carbocycles. The maximum Gasteiger partial charge on any atom is 0.335 e. The Morgan fingerprint density at radius 1 is 1.10 bits per heavy atom. The molecular weight excluding hydrogens is 309 g/mol. The zero-order valence-corrected chi connectivity index (χ0v) is 12.6. The summed E-state index contributed by atoms with van der Waals surface area (Å²) in [6.45, 7) is 1.66. The summed E-state index contributed by atoms with van der Waals surface area (Å²) >= 11 is 12.4. The van der Waals surface area contributed by atoms with Crippen molar-refractivity contribution in [1.29, 1.82) is 0 Å². The summed E-state index contributed by atoms with van der Waals surface area (Å²) in [6, 6.07) is 13.2. The van der Waals surface area contributed by atoms with Crippen LogP contribution in [0.1, 0.15) is 21.8 Å². The molecule has 0 aliphatic carbocycles. The van der Waals surface area contributed by atoms with Gasteiger partial charge in [0.05, 0.1) is 21.3 Å². The van der Waals surface area contributed by atoms with Crippen molar-refractivity contribution < 1.29 is 9.90 Å². The molecule has 3 rings (SSSR count). The van der Waals surface area contributed by atoms with Gasteiger partial charge in [0, 0.05) is 19.0 Å². The molecule has 5 heteroatoms. The number of anilines is 1. The Kier molecular flexibility index (Phi) is 3.79. The Balaban J connectivity index is 1.80. The van der Waals surface area contributed by atoms with Crippen LogP contribution in [-0.4, -0.2) is 24.2 Å². The minimum Gasteiger partial charge on any atom is -0.478 e. The van der Waals surface area contributed by atoms with Gasteiger partial charge in [-0.25, -0.2) is 4.79 Å². The second-order valence-electron chi connectivity index (χ2n) is 5.11. The maximum absolute atomic E-state index is 11.0. The molecule has 2 aromatic carbocycles. The molecule has 0 radical (unpaired) electrons. The molecule has 3 nitrogen and oxygen atoms in total. The summed E-state index contributed by atoms with van der Waals surface area (Å²) in [4.78, 5) is 13.1. The van der Waals surface area contributed by atoms with E-state index in [9.17, 15) is 4.79 Å². The van der Waals surface area contributed by atoms with Crippen molar-refractivity contribution in [2.75, 3.05) is 18.0 Å². The summed E-state index contributed by atoms with van der Waals surface area (Å²) < 4.78 is 0. The highest BCUT2D eigenvalue weighted by atomic mass is 35.5. The Morgan fingerprint density at radius 2 is 1.67 bits per heavy atom. The van der Waals surface area contributed by atoms with Gasteiger partial charge in [-0.3, -0.25) is 0 Å². The maximum atomic E-state index is 11.0. The number of hydrogen-bond acceptors (Lipinski definition) is 2. The van der Waals surface area contributed by atoms with Crippen molar-refractivity contribution in [2.45, 2.75) is 5.92 Å². The van der Waals surface area contributed by atoms with Crippen molar-refractivity contribution in [3.63, 3.8) is 0 Å². The molecule has 1 heterocycles. The molecule has 1 saturated heterocycles. The van der Waals surface area contributed by atoms with E-state index < -0.39 is 5.97 Å². The highest BCUT2D eigenvalue weighted by Gasteiger charge is 2.31. The highest BCUT2D eigenvalue weighted by molar-refractivity contribution is 6.39. The van der Waals surface area contributed by atoms with Gasteiger partial charge in [-0.1, -0.05) is 53.5 Å². The largest absolute Gasteiger partial charge is 0.478 e. The van der Waals surface area contributed by atoms with Gasteiger partial charge in [-0.05, 0) is 17.7 Å². The molecule has 0 spiro atoms. The number of nitrogens with zero attached hydrogens (tertiary/aromatic N) is 1. The number of carboxylic acids is 1. The molecule has 0 aromatic heterocycles. The van der Waals surface area contributed by atoms with E-state index in [1.165, 1.54) is 17.7 Å². The quantitative estimate of drug-likeness (QED) is 0.916. The van der Waals surface area contributed by atoms with Crippen LogP contribution in [0.3, 0.4) is 0 Å². The molecule has 2 aromatic rings. The third-order valence-corrected chi connectivity index (χ3v) is 4.31. The molecular formula is C16H13Cl2NO2. The minimum atomic E-state index is -1.03. The van der Waals surface area contributed by atoms with Crippen LogP contribution in [-0.2, 0) is 0 Å².